The van der Waals surface area contributed by atoms with Crippen molar-refractivity contribution in [2.75, 3.05) is 119 Å². The van der Waals surface area contributed by atoms with E-state index < -0.39 is 0 Å². The van der Waals surface area contributed by atoms with Crippen molar-refractivity contribution >= 4 is 0 Å². The summed E-state index contributed by atoms with van der Waals surface area (Å²) in [6.07, 6.45) is 4.90. The first-order chi connectivity index (χ1) is 19.4. The van der Waals surface area contributed by atoms with Gasteiger partial charge >= 0.3 is 0 Å². The van der Waals surface area contributed by atoms with Gasteiger partial charge in [0, 0.05) is 0 Å². The van der Waals surface area contributed by atoms with E-state index in [1.807, 2.05) is 12.1 Å². The lowest BCUT2D eigenvalue weighted by molar-refractivity contribution is -0.0242. The van der Waals surface area contributed by atoms with E-state index in [1.165, 1.54) is 24.8 Å². The second-order valence-corrected chi connectivity index (χ2v) is 8.57. The molecule has 0 fully saturated rings. The van der Waals surface area contributed by atoms with E-state index in [0.29, 0.717) is 112 Å². The van der Waals surface area contributed by atoms with Gasteiger partial charge in [-0.1, -0.05) is 31.9 Å². The lowest BCUT2D eigenvalue weighted by Crippen LogP contribution is -2.15. The Labute approximate surface area is 235 Å². The van der Waals surface area contributed by atoms with Crippen molar-refractivity contribution in [1.82, 2.24) is 0 Å². The third-order valence-electron chi connectivity index (χ3n) is 5.33. The molecule has 0 aromatic heterocycles. The van der Waals surface area contributed by atoms with Gasteiger partial charge in [-0.2, -0.15) is 0 Å². The maximum absolute atomic E-state index is 8.57. The zero-order valence-corrected chi connectivity index (χ0v) is 24.0. The molecule has 10 nitrogen and oxygen atoms in total. The molecule has 0 saturated heterocycles. The van der Waals surface area contributed by atoms with Crippen LogP contribution >= 0.6 is 0 Å². The first kappa shape index (κ1) is 35.7. The molecule has 1 rings (SSSR count). The van der Waals surface area contributed by atoms with E-state index in [0.717, 1.165) is 12.2 Å². The fraction of sp³-hybridized carbons (Fsp3) is 0.793. The third-order valence-corrected chi connectivity index (χ3v) is 5.33. The molecule has 0 saturated carbocycles. The van der Waals surface area contributed by atoms with Crippen LogP contribution in [0.25, 0.3) is 0 Å². The molecule has 0 bridgehead atoms. The van der Waals surface area contributed by atoms with E-state index in [-0.39, 0.29) is 6.61 Å². The highest BCUT2D eigenvalue weighted by Gasteiger charge is 1.98. The van der Waals surface area contributed by atoms with Crippen molar-refractivity contribution in [2.45, 2.75) is 32.6 Å². The monoisotopic (exact) mass is 560 g/mol. The predicted molar refractivity (Wildman–Crippen MR) is 149 cm³/mol. The van der Waals surface area contributed by atoms with E-state index in [1.54, 1.807) is 0 Å². The summed E-state index contributed by atoms with van der Waals surface area (Å²) in [5, 5.41) is 8.57. The topological polar surface area (TPSA) is 103 Å². The van der Waals surface area contributed by atoms with Gasteiger partial charge in [0.05, 0.1) is 112 Å². The fourth-order valence-electron chi connectivity index (χ4n) is 3.26. The minimum atomic E-state index is 0.0298. The van der Waals surface area contributed by atoms with Crippen molar-refractivity contribution in [2.24, 2.45) is 0 Å². The number of aryl methyl sites for hydroxylation is 1. The lowest BCUT2D eigenvalue weighted by Gasteiger charge is -2.09. The minimum Gasteiger partial charge on any atom is -0.491 e. The van der Waals surface area contributed by atoms with Crippen LogP contribution in [0.3, 0.4) is 0 Å². The first-order valence-corrected chi connectivity index (χ1v) is 14.3. The molecule has 10 heteroatoms. The summed E-state index contributed by atoms with van der Waals surface area (Å²) in [5.74, 6) is 0.879. The second kappa shape index (κ2) is 29.6. The number of hydrogen-bond donors (Lipinski definition) is 1. The molecule has 0 unspecified atom stereocenters. The molecule has 0 amide bonds. The predicted octanol–water partition coefficient (Wildman–Crippen LogP) is 2.92. The summed E-state index contributed by atoms with van der Waals surface area (Å²) in [5.41, 5.74) is 1.36. The van der Waals surface area contributed by atoms with E-state index >= 15 is 0 Å². The number of benzene rings is 1. The van der Waals surface area contributed by atoms with Gasteiger partial charge in [0.25, 0.3) is 0 Å². The Balaban J connectivity index is 1.70. The highest BCUT2D eigenvalue weighted by atomic mass is 16.6. The Bertz CT molecular complexity index is 602. The smallest absolute Gasteiger partial charge is 0.119 e. The molecular weight excluding hydrogens is 508 g/mol. The van der Waals surface area contributed by atoms with Crippen LogP contribution in [-0.2, 0) is 44.3 Å². The molecule has 0 radical (unpaired) electrons. The first-order valence-electron chi connectivity index (χ1n) is 14.3. The molecule has 1 N–H and O–H groups in total. The maximum Gasteiger partial charge on any atom is 0.119 e. The van der Waals surface area contributed by atoms with Crippen molar-refractivity contribution in [3.05, 3.63) is 29.8 Å². The van der Waals surface area contributed by atoms with Crippen LogP contribution in [0.15, 0.2) is 24.3 Å². The van der Waals surface area contributed by atoms with Crippen LogP contribution < -0.4 is 4.74 Å². The number of unbranched alkanes of at least 4 members (excludes halogenated alkanes) is 2. The number of ether oxygens (including phenoxy) is 9. The molecule has 39 heavy (non-hydrogen) atoms. The van der Waals surface area contributed by atoms with E-state index in [9.17, 15) is 0 Å². The zero-order chi connectivity index (χ0) is 27.9. The SMILES string of the molecule is CCCCCc1ccc(OCCOCCOCCOCCOCCOCCOCCOCCOCCO)cc1. The van der Waals surface area contributed by atoms with Crippen LogP contribution in [-0.4, -0.2) is 124 Å². The van der Waals surface area contributed by atoms with Gasteiger partial charge in [0.2, 0.25) is 0 Å². The average Bonchev–Trinajstić information content (AvgIpc) is 2.96. The fourth-order valence-corrected chi connectivity index (χ4v) is 3.26. The average molecular weight is 561 g/mol. The van der Waals surface area contributed by atoms with Gasteiger partial charge < -0.3 is 47.7 Å². The maximum atomic E-state index is 8.57. The van der Waals surface area contributed by atoms with Gasteiger partial charge in [0.15, 0.2) is 0 Å². The van der Waals surface area contributed by atoms with Crippen molar-refractivity contribution in [3.63, 3.8) is 0 Å². The molecule has 0 aliphatic rings. The molecule has 0 aliphatic carbocycles. The molecule has 0 heterocycles. The molecule has 1 aromatic carbocycles. The summed E-state index contributed by atoms with van der Waals surface area (Å²) >= 11 is 0. The summed E-state index contributed by atoms with van der Waals surface area (Å²) in [6, 6.07) is 8.34. The summed E-state index contributed by atoms with van der Waals surface area (Å²) < 4.78 is 48.9. The van der Waals surface area contributed by atoms with Crippen LogP contribution in [0.2, 0.25) is 0 Å². The number of aliphatic hydroxyl groups is 1. The molecule has 0 aliphatic heterocycles. The molecule has 1 aromatic rings. The normalized spacial score (nSPS) is 11.3. The lowest BCUT2D eigenvalue weighted by atomic mass is 10.1. The van der Waals surface area contributed by atoms with Gasteiger partial charge in [-0.15, -0.1) is 0 Å². The minimum absolute atomic E-state index is 0.0298. The molecule has 0 spiro atoms. The quantitative estimate of drug-likeness (QED) is 0.136. The largest absolute Gasteiger partial charge is 0.491 e. The van der Waals surface area contributed by atoms with Crippen molar-refractivity contribution in [3.8, 4) is 5.75 Å². The summed E-state index contributed by atoms with van der Waals surface area (Å²) in [4.78, 5) is 0. The Morgan fingerprint density at radius 1 is 0.462 bits per heavy atom. The van der Waals surface area contributed by atoms with Crippen LogP contribution in [0.5, 0.6) is 5.75 Å². The summed E-state index contributed by atoms with van der Waals surface area (Å²) in [6.45, 7) is 10.8. The Morgan fingerprint density at radius 3 is 1.18 bits per heavy atom. The second-order valence-electron chi connectivity index (χ2n) is 8.57. The number of aliphatic hydroxyl groups excluding tert-OH is 1. The highest BCUT2D eigenvalue weighted by Crippen LogP contribution is 2.14. The zero-order valence-electron chi connectivity index (χ0n) is 24.0. The van der Waals surface area contributed by atoms with Crippen LogP contribution in [0.4, 0.5) is 0 Å². The standard InChI is InChI=1S/C29H52O10/c1-2-3-4-5-28-6-8-29(9-7-28)39-27-26-38-25-24-37-23-22-36-21-20-35-19-18-34-17-16-33-15-14-32-13-12-31-11-10-30/h6-9,30H,2-5,10-27H2,1H3. The van der Waals surface area contributed by atoms with Gasteiger partial charge in [-0.3, -0.25) is 0 Å². The number of rotatable bonds is 31. The van der Waals surface area contributed by atoms with Gasteiger partial charge in [0.1, 0.15) is 12.4 Å². The van der Waals surface area contributed by atoms with Crippen LogP contribution in [0, 0.1) is 0 Å². The highest BCUT2D eigenvalue weighted by molar-refractivity contribution is 5.27. The van der Waals surface area contributed by atoms with Gasteiger partial charge in [-0.25, -0.2) is 0 Å². The van der Waals surface area contributed by atoms with Crippen molar-refractivity contribution < 1.29 is 47.7 Å². The Morgan fingerprint density at radius 2 is 0.821 bits per heavy atom. The molecule has 0 atom stereocenters. The van der Waals surface area contributed by atoms with Crippen LogP contribution in [0.1, 0.15) is 31.7 Å². The van der Waals surface area contributed by atoms with Gasteiger partial charge in [-0.05, 0) is 30.5 Å². The Kier molecular flexibility index (Phi) is 27.1. The summed E-state index contributed by atoms with van der Waals surface area (Å²) in [7, 11) is 0. The van der Waals surface area contributed by atoms with Crippen molar-refractivity contribution in [1.29, 1.82) is 0 Å². The van der Waals surface area contributed by atoms with E-state index in [2.05, 4.69) is 19.1 Å². The Hall–Kier alpha value is -1.34. The molecule has 228 valence electrons. The molecular formula is C29H52O10. The number of hydrogen-bond acceptors (Lipinski definition) is 10. The van der Waals surface area contributed by atoms with E-state index in [4.69, 9.17) is 47.7 Å². The third kappa shape index (κ3) is 25.4.